The molecule has 11 heavy (non-hydrogen) atoms. The van der Waals surface area contributed by atoms with E-state index >= 15 is 0 Å². The number of halogens is 2. The molecule has 1 aromatic carbocycles. The average molecular weight is 207 g/mol. The summed E-state index contributed by atoms with van der Waals surface area (Å²) in [6.45, 7) is 0. The summed E-state index contributed by atoms with van der Waals surface area (Å²) in [5, 5.41) is 1.41. The maximum Gasteiger partial charge on any atom is 0.0551 e. The Morgan fingerprint density at radius 3 is 2.00 bits per heavy atom. The highest BCUT2D eigenvalue weighted by Gasteiger charge is 2.03. The molecule has 0 nitrogen and oxygen atoms in total. The van der Waals surface area contributed by atoms with E-state index in [0.717, 1.165) is 4.90 Å². The second kappa shape index (κ2) is 3.61. The van der Waals surface area contributed by atoms with Crippen molar-refractivity contribution in [2.24, 2.45) is 0 Å². The molecule has 0 saturated carbocycles. The first-order chi connectivity index (χ1) is 5.13. The van der Waals surface area contributed by atoms with E-state index in [2.05, 4.69) is 5.87 Å². The Morgan fingerprint density at radius 1 is 1.27 bits per heavy atom. The van der Waals surface area contributed by atoms with E-state index in [9.17, 15) is 0 Å². The smallest absolute Gasteiger partial charge is 0.0551 e. The monoisotopic (exact) mass is 206 g/mol. The van der Waals surface area contributed by atoms with Crippen molar-refractivity contribution in [2.75, 3.05) is 6.26 Å². The molecular weight excluding hydrogens is 199 g/mol. The molecule has 1 rings (SSSR count). The molecule has 0 saturated heterocycles. The minimum absolute atomic E-state index is 0.116. The Morgan fingerprint density at radius 2 is 1.73 bits per heavy atom. The summed E-state index contributed by atoms with van der Waals surface area (Å²) in [5.74, 6) is 3.89. The quantitative estimate of drug-likeness (QED) is 0.616. The van der Waals surface area contributed by atoms with Crippen LogP contribution in [0.25, 0.3) is 0 Å². The van der Waals surface area contributed by atoms with E-state index in [1.165, 1.54) is 0 Å². The van der Waals surface area contributed by atoms with Crippen molar-refractivity contribution in [3.8, 4) is 0 Å². The highest BCUT2D eigenvalue weighted by Crippen LogP contribution is 2.35. The largest absolute Gasteiger partial charge is 0.162 e. The lowest BCUT2D eigenvalue weighted by atomic mass is 10.4. The number of rotatable bonds is 1. The van der Waals surface area contributed by atoms with Crippen molar-refractivity contribution in [3.05, 3.63) is 28.2 Å². The van der Waals surface area contributed by atoms with Gasteiger partial charge in [0.15, 0.2) is 0 Å². The molecule has 0 aliphatic heterocycles. The third-order valence-electron chi connectivity index (χ3n) is 1.27. The molecule has 0 spiro atoms. The summed E-state index contributed by atoms with van der Waals surface area (Å²) >= 11 is 11.8. The zero-order valence-corrected chi connectivity index (χ0v) is 8.43. The van der Waals surface area contributed by atoms with E-state index in [-0.39, 0.29) is 10.5 Å². The van der Waals surface area contributed by atoms with Crippen LogP contribution in [0, 0.1) is 0 Å². The van der Waals surface area contributed by atoms with Gasteiger partial charge in [-0.1, -0.05) is 35.1 Å². The molecule has 0 aromatic heterocycles. The third-order valence-corrected chi connectivity index (χ3v) is 3.26. The van der Waals surface area contributed by atoms with Gasteiger partial charge in [-0.2, -0.15) is 10.5 Å². The van der Waals surface area contributed by atoms with Gasteiger partial charge in [-0.3, -0.25) is 0 Å². The van der Waals surface area contributed by atoms with Gasteiger partial charge in [-0.15, -0.1) is 0 Å². The lowest BCUT2D eigenvalue weighted by Gasteiger charge is -2.05. The van der Waals surface area contributed by atoms with Crippen LogP contribution in [0.4, 0.5) is 0 Å². The topological polar surface area (TPSA) is 0 Å². The fourth-order valence-corrected chi connectivity index (χ4v) is 2.80. The first-order valence-electron chi connectivity index (χ1n) is 3.02. The maximum absolute atomic E-state index is 5.91. The van der Waals surface area contributed by atoms with Gasteiger partial charge in [0.1, 0.15) is 0 Å². The molecule has 0 amide bonds. The molecule has 1 unspecified atom stereocenters. The van der Waals surface area contributed by atoms with Crippen LogP contribution in [0.15, 0.2) is 23.1 Å². The van der Waals surface area contributed by atoms with Gasteiger partial charge in [0.2, 0.25) is 0 Å². The van der Waals surface area contributed by atoms with Crippen molar-refractivity contribution < 1.29 is 0 Å². The molecule has 1 aromatic rings. The molecule has 60 valence electrons. The molecule has 0 heterocycles. The van der Waals surface area contributed by atoms with Crippen molar-refractivity contribution >= 4 is 39.6 Å². The van der Waals surface area contributed by atoms with Crippen LogP contribution in [0.2, 0.25) is 10.0 Å². The van der Waals surface area contributed by atoms with Crippen LogP contribution in [0.3, 0.4) is 0 Å². The van der Waals surface area contributed by atoms with E-state index in [1.54, 1.807) is 0 Å². The van der Waals surface area contributed by atoms with Crippen molar-refractivity contribution in [1.82, 2.24) is 0 Å². The lowest BCUT2D eigenvalue weighted by molar-refractivity contribution is 1.46. The Kier molecular flexibility index (Phi) is 2.99. The van der Waals surface area contributed by atoms with Gasteiger partial charge in [-0.05, 0) is 18.4 Å². The van der Waals surface area contributed by atoms with Gasteiger partial charge in [0, 0.05) is 4.90 Å². The number of benzene rings is 1. The van der Waals surface area contributed by atoms with Crippen molar-refractivity contribution in [1.29, 1.82) is 0 Å². The molecule has 0 fully saturated rings. The summed E-state index contributed by atoms with van der Waals surface area (Å²) in [6, 6.07) is 5.50. The molecule has 0 radical (unpaired) electrons. The summed E-state index contributed by atoms with van der Waals surface area (Å²) in [6.07, 6.45) is 1.99. The Hall–Kier alpha value is 0.0200. The predicted molar refractivity (Wildman–Crippen MR) is 55.4 cm³/mol. The van der Waals surface area contributed by atoms with Crippen molar-refractivity contribution in [2.45, 2.75) is 4.90 Å². The van der Waals surface area contributed by atoms with E-state index in [0.29, 0.717) is 10.0 Å². The van der Waals surface area contributed by atoms with E-state index in [1.807, 2.05) is 24.5 Å². The molecule has 0 aliphatic rings. The average Bonchev–Trinajstić information content (AvgIpc) is 1.85. The summed E-state index contributed by atoms with van der Waals surface area (Å²) in [7, 11) is -0.116. The van der Waals surface area contributed by atoms with Crippen LogP contribution in [-0.2, 0) is 0 Å². The minimum atomic E-state index is -0.116. The molecule has 0 aliphatic carbocycles. The van der Waals surface area contributed by atoms with Gasteiger partial charge in [0.05, 0.1) is 10.0 Å². The summed E-state index contributed by atoms with van der Waals surface area (Å²) < 4.78 is 0. The fourth-order valence-electron chi connectivity index (χ4n) is 0.815. The molecule has 0 N–H and O–H groups in total. The minimum Gasteiger partial charge on any atom is -0.162 e. The standard InChI is InChI=1S/C8H8Cl2S/c1-11(2)8-6(9)4-3-5-7(8)10/h3-5H,1H2,2H3. The first kappa shape index (κ1) is 9.11. The molecule has 1 atom stereocenters. The zero-order valence-electron chi connectivity index (χ0n) is 6.10. The zero-order chi connectivity index (χ0) is 8.43. The van der Waals surface area contributed by atoms with Gasteiger partial charge >= 0.3 is 0 Å². The maximum atomic E-state index is 5.91. The van der Waals surface area contributed by atoms with Crippen LogP contribution < -0.4 is 0 Å². The second-order valence-electron chi connectivity index (χ2n) is 2.19. The second-order valence-corrected chi connectivity index (χ2v) is 4.68. The van der Waals surface area contributed by atoms with Gasteiger partial charge in [0.25, 0.3) is 0 Å². The lowest BCUT2D eigenvalue weighted by Crippen LogP contribution is -1.76. The summed E-state index contributed by atoms with van der Waals surface area (Å²) in [5.41, 5.74) is 0. The fraction of sp³-hybridized carbons (Fsp3) is 0.125. The van der Waals surface area contributed by atoms with Crippen LogP contribution >= 0.6 is 33.7 Å². The normalized spacial score (nSPS) is 13.0. The number of hydrogen-bond donors (Lipinski definition) is 0. The molecule has 0 bridgehead atoms. The van der Waals surface area contributed by atoms with Crippen LogP contribution in [0.5, 0.6) is 0 Å². The SMILES string of the molecule is C=S(C)c1c(Cl)cccc1Cl. The van der Waals surface area contributed by atoms with Gasteiger partial charge < -0.3 is 0 Å². The third kappa shape index (κ3) is 1.98. The van der Waals surface area contributed by atoms with Gasteiger partial charge in [-0.25, -0.2) is 0 Å². The van der Waals surface area contributed by atoms with E-state index in [4.69, 9.17) is 23.2 Å². The molecule has 3 heteroatoms. The number of hydrogen-bond acceptors (Lipinski definition) is 0. The van der Waals surface area contributed by atoms with Crippen LogP contribution in [0.1, 0.15) is 0 Å². The van der Waals surface area contributed by atoms with Crippen molar-refractivity contribution in [3.63, 3.8) is 0 Å². The first-order valence-corrected chi connectivity index (χ1v) is 5.58. The Balaban J connectivity index is 3.32. The highest BCUT2D eigenvalue weighted by atomic mass is 35.5. The molecular formula is C8H8Cl2S. The predicted octanol–water partition coefficient (Wildman–Crippen LogP) is 3.68. The van der Waals surface area contributed by atoms with Crippen LogP contribution in [-0.4, -0.2) is 12.1 Å². The highest BCUT2D eigenvalue weighted by molar-refractivity contribution is 8.13. The Bertz CT molecular complexity index is 274. The Labute approximate surface area is 79.1 Å². The van der Waals surface area contributed by atoms with E-state index < -0.39 is 0 Å². The summed E-state index contributed by atoms with van der Waals surface area (Å²) in [4.78, 5) is 0.954.